The van der Waals surface area contributed by atoms with Gasteiger partial charge in [0.05, 0.1) is 18.3 Å². The molecule has 0 bridgehead atoms. The number of rotatable bonds is 6. The van der Waals surface area contributed by atoms with Crippen molar-refractivity contribution in [2.45, 2.75) is 44.7 Å². The fraction of sp³-hybridized carbons (Fsp3) is 0.389. The molecule has 0 aliphatic heterocycles. The van der Waals surface area contributed by atoms with E-state index in [9.17, 15) is 14.0 Å². The lowest BCUT2D eigenvalue weighted by Gasteiger charge is -2.11. The Hall–Kier alpha value is -2.70. The van der Waals surface area contributed by atoms with Crippen molar-refractivity contribution in [1.29, 1.82) is 0 Å². The van der Waals surface area contributed by atoms with Gasteiger partial charge in [-0.15, -0.1) is 0 Å². The van der Waals surface area contributed by atoms with Gasteiger partial charge in [0.2, 0.25) is 11.8 Å². The first-order chi connectivity index (χ1) is 12.1. The molecule has 1 saturated carbocycles. The van der Waals surface area contributed by atoms with Gasteiger partial charge in [0.25, 0.3) is 0 Å². The summed E-state index contributed by atoms with van der Waals surface area (Å²) in [5, 5.41) is 9.73. The second-order valence-corrected chi connectivity index (χ2v) is 6.29. The molecule has 0 unspecified atom stereocenters. The number of hydrogen-bond acceptors (Lipinski definition) is 3. The first kappa shape index (κ1) is 17.1. The van der Waals surface area contributed by atoms with Crippen LogP contribution in [-0.4, -0.2) is 27.6 Å². The fourth-order valence-electron chi connectivity index (χ4n) is 3.03. The summed E-state index contributed by atoms with van der Waals surface area (Å²) in [7, 11) is 0. The zero-order chi connectivity index (χ0) is 17.6. The lowest BCUT2D eigenvalue weighted by atomic mass is 10.1. The highest BCUT2D eigenvalue weighted by Crippen LogP contribution is 2.17. The first-order valence-corrected chi connectivity index (χ1v) is 8.45. The number of nitrogens with one attached hydrogen (secondary N) is 2. The summed E-state index contributed by atoms with van der Waals surface area (Å²) in [5.74, 6) is -0.823. The summed E-state index contributed by atoms with van der Waals surface area (Å²) >= 11 is 0. The maximum Gasteiger partial charge on any atom is 0.241 e. The van der Waals surface area contributed by atoms with E-state index in [1.165, 1.54) is 16.9 Å². The monoisotopic (exact) mass is 344 g/mol. The van der Waals surface area contributed by atoms with Gasteiger partial charge in [0, 0.05) is 12.2 Å². The Morgan fingerprint density at radius 2 is 1.96 bits per heavy atom. The van der Waals surface area contributed by atoms with E-state index in [1.807, 2.05) is 0 Å². The highest BCUT2D eigenvalue weighted by Gasteiger charge is 2.17. The van der Waals surface area contributed by atoms with Crippen molar-refractivity contribution in [1.82, 2.24) is 15.1 Å². The average Bonchev–Trinajstić information content (AvgIpc) is 3.22. The molecule has 0 atom stereocenters. The maximum atomic E-state index is 13.6. The predicted molar refractivity (Wildman–Crippen MR) is 91.4 cm³/mol. The second kappa shape index (κ2) is 7.92. The molecule has 3 rings (SSSR count). The number of hydrogen-bond donors (Lipinski definition) is 2. The molecule has 1 aliphatic carbocycles. The Labute approximate surface area is 145 Å². The Bertz CT molecular complexity index is 753. The predicted octanol–water partition coefficient (Wildman–Crippen LogP) is 2.26. The molecule has 6 nitrogen and oxygen atoms in total. The minimum atomic E-state index is -0.406. The van der Waals surface area contributed by atoms with Gasteiger partial charge in [0.15, 0.2) is 0 Å². The summed E-state index contributed by atoms with van der Waals surface area (Å²) in [5.41, 5.74) is 0.818. The van der Waals surface area contributed by atoms with Crippen molar-refractivity contribution in [2.75, 3.05) is 5.32 Å². The van der Waals surface area contributed by atoms with Crippen molar-refractivity contribution in [3.63, 3.8) is 0 Å². The van der Waals surface area contributed by atoms with Gasteiger partial charge in [-0.25, -0.2) is 4.39 Å². The molecule has 2 amide bonds. The van der Waals surface area contributed by atoms with Crippen LogP contribution in [0.1, 0.15) is 31.2 Å². The number of halogens is 1. The molecule has 1 aromatic heterocycles. The molecule has 1 heterocycles. The smallest absolute Gasteiger partial charge is 0.241 e. The van der Waals surface area contributed by atoms with Crippen LogP contribution >= 0.6 is 0 Å². The van der Waals surface area contributed by atoms with E-state index in [2.05, 4.69) is 15.7 Å². The largest absolute Gasteiger partial charge is 0.352 e. The quantitative estimate of drug-likeness (QED) is 0.844. The van der Waals surface area contributed by atoms with Crippen LogP contribution in [0.25, 0.3) is 0 Å². The summed E-state index contributed by atoms with van der Waals surface area (Å²) in [6.07, 6.45) is 7.38. The number of carbonyl (C=O) groups is 2. The average molecular weight is 344 g/mol. The molecular formula is C18H21FN4O2. The van der Waals surface area contributed by atoms with Gasteiger partial charge < -0.3 is 10.6 Å². The topological polar surface area (TPSA) is 76.0 Å². The molecule has 0 radical (unpaired) electrons. The van der Waals surface area contributed by atoms with E-state index in [-0.39, 0.29) is 30.8 Å². The van der Waals surface area contributed by atoms with Crippen LogP contribution in [0.4, 0.5) is 10.1 Å². The summed E-state index contributed by atoms with van der Waals surface area (Å²) in [6.45, 7) is 0.111. The number of benzene rings is 1. The highest BCUT2D eigenvalue weighted by molar-refractivity contribution is 5.92. The first-order valence-electron chi connectivity index (χ1n) is 8.45. The minimum Gasteiger partial charge on any atom is -0.352 e. The van der Waals surface area contributed by atoms with Gasteiger partial charge in [-0.05, 0) is 24.5 Å². The third kappa shape index (κ3) is 4.89. The molecule has 2 N–H and O–H groups in total. The molecule has 132 valence electrons. The minimum absolute atomic E-state index is 0.0555. The Kier molecular flexibility index (Phi) is 5.42. The molecule has 2 aromatic rings. The van der Waals surface area contributed by atoms with Crippen molar-refractivity contribution >= 4 is 17.5 Å². The van der Waals surface area contributed by atoms with Gasteiger partial charge in [0.1, 0.15) is 12.4 Å². The van der Waals surface area contributed by atoms with Gasteiger partial charge in [-0.1, -0.05) is 31.0 Å². The molecule has 1 aromatic carbocycles. The third-order valence-electron chi connectivity index (χ3n) is 4.25. The van der Waals surface area contributed by atoms with E-state index in [4.69, 9.17) is 0 Å². The Balaban J connectivity index is 1.50. The SMILES string of the molecule is O=C(Cc1ccccc1F)Nc1cnn(CC(=O)NC2CCCC2)c1. The van der Waals surface area contributed by atoms with Crippen LogP contribution in [0.2, 0.25) is 0 Å². The van der Waals surface area contributed by atoms with E-state index in [0.717, 1.165) is 25.7 Å². The Morgan fingerprint density at radius 3 is 2.72 bits per heavy atom. The van der Waals surface area contributed by atoms with E-state index < -0.39 is 5.82 Å². The van der Waals surface area contributed by atoms with Crippen molar-refractivity contribution in [3.05, 3.63) is 48.0 Å². The lowest BCUT2D eigenvalue weighted by molar-refractivity contribution is -0.122. The Morgan fingerprint density at radius 1 is 1.20 bits per heavy atom. The van der Waals surface area contributed by atoms with E-state index in [1.54, 1.807) is 24.4 Å². The molecule has 7 heteroatoms. The normalized spacial score (nSPS) is 14.4. The van der Waals surface area contributed by atoms with Crippen molar-refractivity contribution in [2.24, 2.45) is 0 Å². The van der Waals surface area contributed by atoms with Crippen LogP contribution < -0.4 is 10.6 Å². The zero-order valence-electron chi connectivity index (χ0n) is 13.9. The van der Waals surface area contributed by atoms with E-state index >= 15 is 0 Å². The number of anilines is 1. The van der Waals surface area contributed by atoms with Crippen molar-refractivity contribution < 1.29 is 14.0 Å². The van der Waals surface area contributed by atoms with Crippen LogP contribution in [0.15, 0.2) is 36.7 Å². The number of amides is 2. The summed E-state index contributed by atoms with van der Waals surface area (Å²) in [4.78, 5) is 24.0. The van der Waals surface area contributed by atoms with Gasteiger partial charge in [-0.3, -0.25) is 14.3 Å². The molecule has 1 fully saturated rings. The van der Waals surface area contributed by atoms with E-state index in [0.29, 0.717) is 11.3 Å². The molecular weight excluding hydrogens is 323 g/mol. The van der Waals surface area contributed by atoms with Crippen LogP contribution in [0.3, 0.4) is 0 Å². The molecule has 1 aliphatic rings. The van der Waals surface area contributed by atoms with Crippen LogP contribution in [0.5, 0.6) is 0 Å². The van der Waals surface area contributed by atoms with Crippen LogP contribution in [0, 0.1) is 5.82 Å². The van der Waals surface area contributed by atoms with Crippen molar-refractivity contribution in [3.8, 4) is 0 Å². The molecule has 25 heavy (non-hydrogen) atoms. The molecule has 0 saturated heterocycles. The number of carbonyl (C=O) groups excluding carboxylic acids is 2. The summed E-state index contributed by atoms with van der Waals surface area (Å²) < 4.78 is 15.0. The number of aromatic nitrogens is 2. The number of nitrogens with zero attached hydrogens (tertiary/aromatic N) is 2. The van der Waals surface area contributed by atoms with Gasteiger partial charge in [-0.2, -0.15) is 5.10 Å². The van der Waals surface area contributed by atoms with Gasteiger partial charge >= 0.3 is 0 Å². The second-order valence-electron chi connectivity index (χ2n) is 6.29. The highest BCUT2D eigenvalue weighted by atomic mass is 19.1. The van der Waals surface area contributed by atoms with Crippen LogP contribution in [-0.2, 0) is 22.6 Å². The maximum absolute atomic E-state index is 13.6. The lowest BCUT2D eigenvalue weighted by Crippen LogP contribution is -2.35. The fourth-order valence-corrected chi connectivity index (χ4v) is 3.03. The standard InChI is InChI=1S/C18H21FN4O2/c19-16-8-4-1-5-13(16)9-17(24)22-15-10-20-23(11-15)12-18(25)21-14-6-2-3-7-14/h1,4-5,8,10-11,14H,2-3,6-7,9,12H2,(H,21,25)(H,22,24). The molecule has 0 spiro atoms. The third-order valence-corrected chi connectivity index (χ3v) is 4.25. The zero-order valence-corrected chi connectivity index (χ0v) is 13.9. The summed E-state index contributed by atoms with van der Waals surface area (Å²) in [6, 6.07) is 6.43.